The van der Waals surface area contributed by atoms with Crippen LogP contribution in [0.15, 0.2) is 29.1 Å². The third kappa shape index (κ3) is 2.31. The Labute approximate surface area is 121 Å². The van der Waals surface area contributed by atoms with Crippen molar-refractivity contribution in [3.8, 4) is 5.69 Å². The van der Waals surface area contributed by atoms with Crippen LogP contribution in [0.3, 0.4) is 0 Å². The highest BCUT2D eigenvalue weighted by Gasteiger charge is 2.28. The molecule has 0 spiro atoms. The molecular formula is C14H18N4O3. The molecule has 112 valence electrons. The predicted octanol–water partition coefficient (Wildman–Crippen LogP) is 1.96. The van der Waals surface area contributed by atoms with Crippen molar-refractivity contribution in [3.05, 3.63) is 50.4 Å². The molecule has 0 aliphatic rings. The molecule has 0 amide bonds. The van der Waals surface area contributed by atoms with Crippen LogP contribution in [-0.2, 0) is 12.5 Å². The van der Waals surface area contributed by atoms with E-state index in [-0.39, 0.29) is 22.5 Å². The van der Waals surface area contributed by atoms with Gasteiger partial charge in [-0.15, -0.1) is 0 Å². The standard InChI is InChI=1S/C14H18N4O3/c1-14(2,3)12-11(15)13(19)17(16(12)4)9-7-5-6-8-10(9)18(20)21/h5-8H,15H2,1-4H3. The highest BCUT2D eigenvalue weighted by molar-refractivity contribution is 5.55. The normalized spacial score (nSPS) is 11.6. The van der Waals surface area contributed by atoms with E-state index >= 15 is 0 Å². The summed E-state index contributed by atoms with van der Waals surface area (Å²) in [5.41, 5.74) is 5.95. The van der Waals surface area contributed by atoms with E-state index in [0.717, 1.165) is 0 Å². The molecule has 2 N–H and O–H groups in total. The third-order valence-corrected chi connectivity index (χ3v) is 3.32. The molecule has 0 aliphatic heterocycles. The van der Waals surface area contributed by atoms with E-state index in [2.05, 4.69) is 0 Å². The number of nitrogens with two attached hydrogens (primary N) is 1. The number of para-hydroxylation sites is 2. The first kappa shape index (κ1) is 14.8. The first-order chi connectivity index (χ1) is 9.66. The molecule has 7 nitrogen and oxygen atoms in total. The highest BCUT2D eigenvalue weighted by Crippen LogP contribution is 2.28. The number of benzene rings is 1. The first-order valence-corrected chi connectivity index (χ1v) is 6.48. The summed E-state index contributed by atoms with van der Waals surface area (Å²) in [4.78, 5) is 23.1. The van der Waals surface area contributed by atoms with Gasteiger partial charge in [-0.1, -0.05) is 32.9 Å². The molecule has 0 unspecified atom stereocenters. The number of nitro benzene ring substituents is 1. The van der Waals surface area contributed by atoms with Gasteiger partial charge in [0.05, 0.1) is 10.6 Å². The van der Waals surface area contributed by atoms with Gasteiger partial charge in [0.2, 0.25) is 0 Å². The van der Waals surface area contributed by atoms with Crippen molar-refractivity contribution in [2.45, 2.75) is 26.2 Å². The fourth-order valence-electron chi connectivity index (χ4n) is 2.58. The molecule has 0 aliphatic carbocycles. The Kier molecular flexibility index (Phi) is 3.36. The van der Waals surface area contributed by atoms with Crippen LogP contribution in [0.4, 0.5) is 11.4 Å². The molecule has 1 heterocycles. The lowest BCUT2D eigenvalue weighted by Crippen LogP contribution is -2.23. The van der Waals surface area contributed by atoms with E-state index in [1.54, 1.807) is 23.9 Å². The van der Waals surface area contributed by atoms with Crippen molar-refractivity contribution in [2.24, 2.45) is 7.05 Å². The molecule has 7 heteroatoms. The van der Waals surface area contributed by atoms with Gasteiger partial charge >= 0.3 is 0 Å². The number of aromatic nitrogens is 2. The topological polar surface area (TPSA) is 96.1 Å². The SMILES string of the molecule is Cn1c(C(C)(C)C)c(N)c(=O)n1-c1ccccc1[N+](=O)[O-]. The summed E-state index contributed by atoms with van der Waals surface area (Å²) in [6.45, 7) is 5.80. The van der Waals surface area contributed by atoms with Crippen LogP contribution >= 0.6 is 0 Å². The average Bonchev–Trinajstić information content (AvgIpc) is 2.59. The molecule has 0 saturated carbocycles. The van der Waals surface area contributed by atoms with Crippen molar-refractivity contribution in [3.63, 3.8) is 0 Å². The van der Waals surface area contributed by atoms with Crippen molar-refractivity contribution in [1.29, 1.82) is 0 Å². The summed E-state index contributed by atoms with van der Waals surface area (Å²) >= 11 is 0. The van der Waals surface area contributed by atoms with Crippen LogP contribution in [0.25, 0.3) is 5.69 Å². The van der Waals surface area contributed by atoms with Gasteiger partial charge in [0.1, 0.15) is 11.4 Å². The minimum atomic E-state index is -0.512. The lowest BCUT2D eigenvalue weighted by molar-refractivity contribution is -0.384. The van der Waals surface area contributed by atoms with E-state index in [0.29, 0.717) is 5.69 Å². The molecule has 2 rings (SSSR count). The van der Waals surface area contributed by atoms with E-state index in [1.807, 2.05) is 20.8 Å². The molecule has 0 bridgehead atoms. The van der Waals surface area contributed by atoms with E-state index in [9.17, 15) is 14.9 Å². The zero-order valence-corrected chi connectivity index (χ0v) is 12.5. The highest BCUT2D eigenvalue weighted by atomic mass is 16.6. The molecular weight excluding hydrogens is 272 g/mol. The number of nitro groups is 1. The smallest absolute Gasteiger partial charge is 0.295 e. The average molecular weight is 290 g/mol. The van der Waals surface area contributed by atoms with Gasteiger partial charge in [0.25, 0.3) is 11.2 Å². The second kappa shape index (κ2) is 4.76. The lowest BCUT2D eigenvalue weighted by atomic mass is 9.91. The van der Waals surface area contributed by atoms with E-state index in [4.69, 9.17) is 5.73 Å². The summed E-state index contributed by atoms with van der Waals surface area (Å²) in [7, 11) is 1.68. The lowest BCUT2D eigenvalue weighted by Gasteiger charge is -2.21. The quantitative estimate of drug-likeness (QED) is 0.675. The Bertz CT molecular complexity index is 766. The largest absolute Gasteiger partial charge is 0.393 e. The second-order valence-corrected chi connectivity index (χ2v) is 5.90. The Hall–Kier alpha value is -2.57. The molecule has 0 atom stereocenters. The predicted molar refractivity (Wildman–Crippen MR) is 80.8 cm³/mol. The molecule has 1 aromatic carbocycles. The molecule has 2 aromatic rings. The number of nitrogen functional groups attached to an aromatic ring is 1. The van der Waals surface area contributed by atoms with Crippen LogP contribution in [0.2, 0.25) is 0 Å². The van der Waals surface area contributed by atoms with Crippen molar-refractivity contribution < 1.29 is 4.92 Å². The summed E-state index contributed by atoms with van der Waals surface area (Å²) in [5, 5.41) is 11.2. The Balaban J connectivity index is 2.85. The van der Waals surface area contributed by atoms with Gasteiger partial charge in [-0.25, -0.2) is 4.68 Å². The third-order valence-electron chi connectivity index (χ3n) is 3.32. The zero-order chi connectivity index (χ0) is 15.9. The number of hydrogen-bond acceptors (Lipinski definition) is 4. The van der Waals surface area contributed by atoms with Crippen LogP contribution in [0.5, 0.6) is 0 Å². The van der Waals surface area contributed by atoms with Crippen LogP contribution in [0.1, 0.15) is 26.5 Å². The van der Waals surface area contributed by atoms with Crippen LogP contribution in [0, 0.1) is 10.1 Å². The monoisotopic (exact) mass is 290 g/mol. The number of hydrogen-bond donors (Lipinski definition) is 1. The van der Waals surface area contributed by atoms with Gasteiger partial charge in [-0.2, -0.15) is 0 Å². The minimum Gasteiger partial charge on any atom is -0.393 e. The Morgan fingerprint density at radius 1 is 1.24 bits per heavy atom. The first-order valence-electron chi connectivity index (χ1n) is 6.48. The van der Waals surface area contributed by atoms with E-state index < -0.39 is 10.5 Å². The van der Waals surface area contributed by atoms with E-state index in [1.165, 1.54) is 16.8 Å². The number of anilines is 1. The molecule has 0 fully saturated rings. The van der Waals surface area contributed by atoms with Crippen molar-refractivity contribution in [2.75, 3.05) is 5.73 Å². The van der Waals surface area contributed by atoms with Gasteiger partial charge < -0.3 is 5.73 Å². The van der Waals surface area contributed by atoms with Gasteiger partial charge in [-0.3, -0.25) is 19.6 Å². The summed E-state index contributed by atoms with van der Waals surface area (Å²) in [6, 6.07) is 6.10. The maximum Gasteiger partial charge on any atom is 0.295 e. The minimum absolute atomic E-state index is 0.114. The molecule has 21 heavy (non-hydrogen) atoms. The van der Waals surface area contributed by atoms with Gasteiger partial charge in [0, 0.05) is 18.5 Å². The van der Waals surface area contributed by atoms with Crippen LogP contribution in [-0.4, -0.2) is 14.3 Å². The Morgan fingerprint density at radius 3 is 2.29 bits per heavy atom. The zero-order valence-electron chi connectivity index (χ0n) is 12.5. The number of rotatable bonds is 2. The van der Waals surface area contributed by atoms with Crippen molar-refractivity contribution >= 4 is 11.4 Å². The van der Waals surface area contributed by atoms with Crippen LogP contribution < -0.4 is 11.3 Å². The molecule has 1 aromatic heterocycles. The second-order valence-electron chi connectivity index (χ2n) is 5.90. The summed E-state index contributed by atoms with van der Waals surface area (Å²) in [5.74, 6) is 0. The van der Waals surface area contributed by atoms with Crippen molar-refractivity contribution in [1.82, 2.24) is 9.36 Å². The Morgan fingerprint density at radius 2 is 1.81 bits per heavy atom. The maximum atomic E-state index is 12.4. The fraction of sp³-hybridized carbons (Fsp3) is 0.357. The fourth-order valence-corrected chi connectivity index (χ4v) is 2.58. The maximum absolute atomic E-state index is 12.4. The van der Waals surface area contributed by atoms with Gasteiger partial charge in [-0.05, 0) is 6.07 Å². The summed E-state index contributed by atoms with van der Waals surface area (Å²) in [6.07, 6.45) is 0. The molecule has 0 radical (unpaired) electrons. The van der Waals surface area contributed by atoms with Gasteiger partial charge in [0.15, 0.2) is 0 Å². The molecule has 0 saturated heterocycles. The summed E-state index contributed by atoms with van der Waals surface area (Å²) < 4.78 is 2.83. The number of nitrogens with zero attached hydrogens (tertiary/aromatic N) is 3.